The standard InChI is InChI=1S/C51H41N5O5S/c1-55(31-33-14-5-2-6-15-33)29-13-16-32-23-28-39-38(30-32)51(49(60)52-39)42(47(58)54-50-53-40-21-11-12-22-41(40)62-50)44-48(59)61-45(35-19-9-4-10-20-35)43(34-17-7-3-8-18-34)56(44)46(51)36-24-26-37(57)27-25-36/h2-12,14-15,17-28,30,42-46,57H,29,31H2,1H3,(H,52,60)(H,53,54,58)/t42-,43-,44-,45+,46+,51-/m1/s1. The fraction of sp³-hybridized carbons (Fsp3) is 0.176. The first-order valence-corrected chi connectivity index (χ1v) is 21.3. The number of nitrogens with one attached hydrogen (secondary N) is 2. The van der Waals surface area contributed by atoms with E-state index in [4.69, 9.17) is 9.72 Å². The molecule has 0 unspecified atom stereocenters. The number of esters is 1. The summed E-state index contributed by atoms with van der Waals surface area (Å²) in [7, 11) is 2.01. The van der Waals surface area contributed by atoms with Crippen LogP contribution in [0.2, 0.25) is 0 Å². The van der Waals surface area contributed by atoms with Gasteiger partial charge in [-0.15, -0.1) is 0 Å². The van der Waals surface area contributed by atoms with Crippen molar-refractivity contribution in [2.45, 2.75) is 36.2 Å². The Bertz CT molecular complexity index is 2850. The Balaban J connectivity index is 1.17. The third-order valence-electron chi connectivity index (χ3n) is 12.2. The van der Waals surface area contributed by atoms with Gasteiger partial charge >= 0.3 is 5.97 Å². The molecule has 10 nitrogen and oxygen atoms in total. The van der Waals surface area contributed by atoms with Gasteiger partial charge in [0.1, 0.15) is 23.3 Å². The van der Waals surface area contributed by atoms with Crippen molar-refractivity contribution in [1.82, 2.24) is 14.8 Å². The largest absolute Gasteiger partial charge is 0.508 e. The highest BCUT2D eigenvalue weighted by molar-refractivity contribution is 7.22. The summed E-state index contributed by atoms with van der Waals surface area (Å²) in [5.41, 5.74) is 4.12. The Morgan fingerprint density at radius 1 is 0.839 bits per heavy atom. The monoisotopic (exact) mass is 835 g/mol. The van der Waals surface area contributed by atoms with Gasteiger partial charge in [-0.2, -0.15) is 0 Å². The number of benzene rings is 6. The van der Waals surface area contributed by atoms with Crippen LogP contribution in [0, 0.1) is 17.8 Å². The number of aromatic nitrogens is 1. The van der Waals surface area contributed by atoms with E-state index in [2.05, 4.69) is 39.5 Å². The van der Waals surface area contributed by atoms with Gasteiger partial charge in [0, 0.05) is 17.8 Å². The molecule has 0 radical (unpaired) electrons. The number of anilines is 2. The number of nitrogens with zero attached hydrogens (tertiary/aromatic N) is 3. The van der Waals surface area contributed by atoms with Gasteiger partial charge in [0.25, 0.3) is 0 Å². The first-order valence-electron chi connectivity index (χ1n) is 20.5. The van der Waals surface area contributed by atoms with Gasteiger partial charge in [0.15, 0.2) is 5.13 Å². The highest BCUT2D eigenvalue weighted by atomic mass is 32.1. The van der Waals surface area contributed by atoms with Crippen molar-refractivity contribution in [3.8, 4) is 17.6 Å². The number of amides is 2. The van der Waals surface area contributed by atoms with Crippen LogP contribution in [0.4, 0.5) is 10.8 Å². The molecule has 2 amide bonds. The molecule has 6 atom stereocenters. The fourth-order valence-electron chi connectivity index (χ4n) is 9.66. The van der Waals surface area contributed by atoms with Crippen molar-refractivity contribution in [3.05, 3.63) is 191 Å². The molecule has 4 heterocycles. The number of cyclic esters (lactones) is 1. The second kappa shape index (κ2) is 16.1. The number of morpholine rings is 1. The Labute approximate surface area is 362 Å². The van der Waals surface area contributed by atoms with Crippen molar-refractivity contribution in [2.75, 3.05) is 24.2 Å². The Morgan fingerprint density at radius 3 is 2.24 bits per heavy atom. The second-order valence-corrected chi connectivity index (χ2v) is 17.0. The molecular weight excluding hydrogens is 795 g/mol. The van der Waals surface area contributed by atoms with Crippen LogP contribution in [0.15, 0.2) is 158 Å². The maximum atomic E-state index is 15.5. The minimum atomic E-state index is -1.71. The number of carbonyl (C=O) groups excluding carboxylic acids is 3. The van der Waals surface area contributed by atoms with Gasteiger partial charge in [0.2, 0.25) is 11.8 Å². The van der Waals surface area contributed by atoms with Gasteiger partial charge in [-0.25, -0.2) is 4.98 Å². The highest BCUT2D eigenvalue weighted by Gasteiger charge is 2.74. The maximum absolute atomic E-state index is 15.5. The van der Waals surface area contributed by atoms with Crippen molar-refractivity contribution in [1.29, 1.82) is 0 Å². The summed E-state index contributed by atoms with van der Waals surface area (Å²) in [5, 5.41) is 17.2. The minimum Gasteiger partial charge on any atom is -0.508 e. The average molecular weight is 836 g/mol. The Kier molecular flexibility index (Phi) is 10.1. The number of carbonyl (C=O) groups is 3. The van der Waals surface area contributed by atoms with Crippen LogP contribution in [0.25, 0.3) is 10.2 Å². The molecule has 3 aliphatic rings. The van der Waals surface area contributed by atoms with E-state index in [1.165, 1.54) is 16.9 Å². The molecule has 7 aromatic rings. The predicted octanol–water partition coefficient (Wildman–Crippen LogP) is 8.40. The van der Waals surface area contributed by atoms with Crippen LogP contribution in [0.3, 0.4) is 0 Å². The summed E-state index contributed by atoms with van der Waals surface area (Å²) in [5.74, 6) is 3.73. The van der Waals surface area contributed by atoms with E-state index in [0.717, 1.165) is 22.4 Å². The number of rotatable bonds is 8. The lowest BCUT2D eigenvalue weighted by Gasteiger charge is -2.46. The summed E-state index contributed by atoms with van der Waals surface area (Å²) in [6.07, 6.45) is -0.806. The predicted molar refractivity (Wildman–Crippen MR) is 239 cm³/mol. The summed E-state index contributed by atoms with van der Waals surface area (Å²) >= 11 is 1.32. The van der Waals surface area contributed by atoms with E-state index in [0.29, 0.717) is 39.6 Å². The van der Waals surface area contributed by atoms with Crippen LogP contribution in [0.1, 0.15) is 51.6 Å². The van der Waals surface area contributed by atoms with E-state index in [1.807, 2.05) is 133 Å². The van der Waals surface area contributed by atoms with Crippen molar-refractivity contribution in [2.24, 2.45) is 5.92 Å². The summed E-state index contributed by atoms with van der Waals surface area (Å²) in [6, 6.07) is 46.5. The maximum Gasteiger partial charge on any atom is 0.324 e. The smallest absolute Gasteiger partial charge is 0.324 e. The molecule has 10 rings (SSSR count). The van der Waals surface area contributed by atoms with E-state index in [-0.39, 0.29) is 5.75 Å². The molecule has 2 saturated heterocycles. The molecule has 62 heavy (non-hydrogen) atoms. The van der Waals surface area contributed by atoms with Crippen LogP contribution in [0.5, 0.6) is 5.75 Å². The quantitative estimate of drug-likeness (QED) is 0.103. The molecule has 3 N–H and O–H groups in total. The Hall–Kier alpha value is -7.10. The van der Waals surface area contributed by atoms with Crippen LogP contribution >= 0.6 is 11.3 Å². The Morgan fingerprint density at radius 2 is 1.52 bits per heavy atom. The van der Waals surface area contributed by atoms with Gasteiger partial charge < -0.3 is 20.5 Å². The zero-order chi connectivity index (χ0) is 42.4. The lowest BCUT2D eigenvalue weighted by atomic mass is 9.65. The van der Waals surface area contributed by atoms with E-state index in [1.54, 1.807) is 24.3 Å². The van der Waals surface area contributed by atoms with Crippen LogP contribution < -0.4 is 10.6 Å². The minimum absolute atomic E-state index is 0.0355. The molecule has 2 fully saturated rings. The van der Waals surface area contributed by atoms with Crippen molar-refractivity contribution in [3.63, 3.8) is 0 Å². The van der Waals surface area contributed by atoms with Crippen molar-refractivity contribution < 1.29 is 24.2 Å². The van der Waals surface area contributed by atoms with Gasteiger partial charge in [-0.05, 0) is 77.3 Å². The molecule has 306 valence electrons. The molecule has 11 heteroatoms. The number of fused-ring (bicyclic) bond motifs is 4. The SMILES string of the molecule is CN(CC#Cc1ccc2c(c1)[C@]1(C(=O)N2)[C@H](c2ccc(O)cc2)N2[C@H](c3ccccc3)[C@H](c3ccccc3)OC(=O)[C@H]2[C@@H]1C(=O)Nc1nc2ccccc2s1)Cc1ccccc1. The zero-order valence-corrected chi connectivity index (χ0v) is 34.5. The lowest BCUT2D eigenvalue weighted by molar-refractivity contribution is -0.177. The number of hydrogen-bond donors (Lipinski definition) is 3. The number of hydrogen-bond acceptors (Lipinski definition) is 9. The number of phenols is 1. The third kappa shape index (κ3) is 6.79. The normalized spacial score (nSPS) is 22.7. The molecule has 1 aromatic heterocycles. The van der Waals surface area contributed by atoms with Gasteiger partial charge in [0.05, 0.1) is 34.8 Å². The van der Waals surface area contributed by atoms with Crippen LogP contribution in [-0.4, -0.2) is 57.3 Å². The van der Waals surface area contributed by atoms with Gasteiger partial charge in [-0.1, -0.05) is 138 Å². The number of aromatic hydroxyl groups is 1. The molecule has 3 aliphatic heterocycles. The third-order valence-corrected chi connectivity index (χ3v) is 13.2. The van der Waals surface area contributed by atoms with Gasteiger partial charge in [-0.3, -0.25) is 24.2 Å². The van der Waals surface area contributed by atoms with Crippen molar-refractivity contribution >= 4 is 50.2 Å². The molecule has 0 bridgehead atoms. The average Bonchev–Trinajstić information content (AvgIpc) is 3.94. The molecular formula is C51H41N5O5S. The van der Waals surface area contributed by atoms with E-state index < -0.39 is 53.3 Å². The van der Waals surface area contributed by atoms with Crippen LogP contribution in [-0.2, 0) is 31.1 Å². The van der Waals surface area contributed by atoms with E-state index >= 15 is 14.4 Å². The summed E-state index contributed by atoms with van der Waals surface area (Å²) < 4.78 is 7.41. The zero-order valence-electron chi connectivity index (χ0n) is 33.6. The second-order valence-electron chi connectivity index (χ2n) is 16.0. The number of para-hydroxylation sites is 1. The molecule has 1 spiro atoms. The topological polar surface area (TPSA) is 124 Å². The lowest BCUT2D eigenvalue weighted by Crippen LogP contribution is -2.53. The molecule has 0 saturated carbocycles. The number of phenolic OH excluding ortho intramolecular Hbond substituents is 1. The summed E-state index contributed by atoms with van der Waals surface area (Å²) in [6.45, 7) is 1.21. The highest BCUT2D eigenvalue weighted by Crippen LogP contribution is 2.65. The number of ether oxygens (including phenoxy) is 1. The first-order chi connectivity index (χ1) is 30.3. The fourth-order valence-corrected chi connectivity index (χ4v) is 10.5. The molecule has 0 aliphatic carbocycles. The van der Waals surface area contributed by atoms with E-state index in [9.17, 15) is 5.11 Å². The molecule has 6 aromatic carbocycles. The first kappa shape index (κ1) is 39.1. The number of thiazole rings is 1. The summed E-state index contributed by atoms with van der Waals surface area (Å²) in [4.78, 5) is 54.9.